The van der Waals surface area contributed by atoms with Gasteiger partial charge in [0.1, 0.15) is 0 Å². The first-order chi connectivity index (χ1) is 14.6. The van der Waals surface area contributed by atoms with Gasteiger partial charge in [0, 0.05) is 5.69 Å². The molecule has 0 unspecified atom stereocenters. The summed E-state index contributed by atoms with van der Waals surface area (Å²) in [5.41, 5.74) is 7.87. The van der Waals surface area contributed by atoms with Crippen LogP contribution in [0.2, 0.25) is 0 Å². The molecule has 0 atom stereocenters. The minimum absolute atomic E-state index is 0.229. The molecular formula is C26H36N2O2. The van der Waals surface area contributed by atoms with Crippen LogP contribution in [0.3, 0.4) is 0 Å². The van der Waals surface area contributed by atoms with Crippen LogP contribution in [0.5, 0.6) is 0 Å². The average molecular weight is 409 g/mol. The molecule has 0 spiro atoms. The molecule has 3 N–H and O–H groups in total. The first-order valence-electron chi connectivity index (χ1n) is 11.4. The number of aryl methyl sites for hydroxylation is 1. The fourth-order valence-electron chi connectivity index (χ4n) is 3.67. The Hall–Kier alpha value is -2.62. The van der Waals surface area contributed by atoms with Crippen LogP contribution in [-0.2, 0) is 6.42 Å². The number of nitrogens with two attached hydrogens (primary N) is 1. The van der Waals surface area contributed by atoms with Crippen molar-refractivity contribution in [1.82, 2.24) is 0 Å². The molecule has 0 aliphatic carbocycles. The second-order valence-corrected chi connectivity index (χ2v) is 7.99. The highest BCUT2D eigenvalue weighted by molar-refractivity contribution is 6.11. The Morgan fingerprint density at radius 1 is 0.733 bits per heavy atom. The maximum absolute atomic E-state index is 12.5. The quantitative estimate of drug-likeness (QED) is 0.350. The van der Waals surface area contributed by atoms with Gasteiger partial charge in [-0.15, -0.1) is 0 Å². The zero-order valence-electron chi connectivity index (χ0n) is 18.3. The van der Waals surface area contributed by atoms with E-state index >= 15 is 0 Å². The second-order valence-electron chi connectivity index (χ2n) is 7.99. The van der Waals surface area contributed by atoms with Crippen LogP contribution in [0.15, 0.2) is 48.5 Å². The van der Waals surface area contributed by atoms with E-state index in [0.29, 0.717) is 11.3 Å². The smallest absolute Gasteiger partial charge is 0.256 e. The van der Waals surface area contributed by atoms with Gasteiger partial charge in [-0.1, -0.05) is 89.0 Å². The Morgan fingerprint density at radius 2 is 1.27 bits per heavy atom. The van der Waals surface area contributed by atoms with Gasteiger partial charge in [0.15, 0.2) is 0 Å². The minimum atomic E-state index is -0.604. The summed E-state index contributed by atoms with van der Waals surface area (Å²) in [5.74, 6) is -0.931. The number of rotatable bonds is 14. The molecule has 0 aliphatic heterocycles. The van der Waals surface area contributed by atoms with Crippen LogP contribution in [-0.4, -0.2) is 11.8 Å². The monoisotopic (exact) mass is 408 g/mol. The van der Waals surface area contributed by atoms with E-state index in [2.05, 4.69) is 24.4 Å². The van der Waals surface area contributed by atoms with E-state index in [4.69, 9.17) is 5.73 Å². The number of carbonyl (C=O) groups excluding carboxylic acids is 2. The summed E-state index contributed by atoms with van der Waals surface area (Å²) in [5, 5.41) is 2.84. The molecule has 0 bridgehead atoms. The lowest BCUT2D eigenvalue weighted by Gasteiger charge is -2.09. The van der Waals surface area contributed by atoms with Crippen molar-refractivity contribution < 1.29 is 9.59 Å². The molecule has 2 rings (SSSR count). The van der Waals surface area contributed by atoms with E-state index < -0.39 is 5.91 Å². The third-order valence-corrected chi connectivity index (χ3v) is 5.47. The van der Waals surface area contributed by atoms with Gasteiger partial charge >= 0.3 is 0 Å². The molecule has 162 valence electrons. The van der Waals surface area contributed by atoms with Gasteiger partial charge in [-0.2, -0.15) is 0 Å². The topological polar surface area (TPSA) is 72.2 Å². The lowest BCUT2D eigenvalue weighted by Crippen LogP contribution is -2.20. The highest BCUT2D eigenvalue weighted by atomic mass is 16.2. The maximum atomic E-state index is 12.5. The lowest BCUT2D eigenvalue weighted by molar-refractivity contribution is 0.0977. The van der Waals surface area contributed by atoms with Gasteiger partial charge in [-0.25, -0.2) is 0 Å². The van der Waals surface area contributed by atoms with Crippen LogP contribution in [0, 0.1) is 0 Å². The number of hydrogen-bond donors (Lipinski definition) is 2. The maximum Gasteiger partial charge on any atom is 0.256 e. The number of anilines is 1. The zero-order chi connectivity index (χ0) is 21.6. The van der Waals surface area contributed by atoms with E-state index in [1.165, 1.54) is 69.8 Å². The predicted molar refractivity (Wildman–Crippen MR) is 125 cm³/mol. The SMILES string of the molecule is CCCCCCCCCCCCc1ccc(NC(=O)c2ccccc2C(N)=O)cc1. The highest BCUT2D eigenvalue weighted by Crippen LogP contribution is 2.16. The first kappa shape index (κ1) is 23.7. The van der Waals surface area contributed by atoms with Crippen molar-refractivity contribution >= 4 is 17.5 Å². The number of primary amides is 1. The summed E-state index contributed by atoms with van der Waals surface area (Å²) in [6, 6.07) is 14.5. The van der Waals surface area contributed by atoms with E-state index in [1.54, 1.807) is 24.3 Å². The first-order valence-corrected chi connectivity index (χ1v) is 11.4. The molecule has 4 nitrogen and oxygen atoms in total. The van der Waals surface area contributed by atoms with Crippen molar-refractivity contribution in [1.29, 1.82) is 0 Å². The Labute approximate surface area is 181 Å². The van der Waals surface area contributed by atoms with Gasteiger partial charge in [0.25, 0.3) is 5.91 Å². The largest absolute Gasteiger partial charge is 0.366 e. The molecule has 0 saturated heterocycles. The summed E-state index contributed by atoms with van der Waals surface area (Å²) in [6.07, 6.45) is 14.5. The van der Waals surface area contributed by atoms with Crippen molar-refractivity contribution in [3.05, 3.63) is 65.2 Å². The average Bonchev–Trinajstić information content (AvgIpc) is 2.76. The Morgan fingerprint density at radius 3 is 1.83 bits per heavy atom. The fourth-order valence-corrected chi connectivity index (χ4v) is 3.67. The minimum Gasteiger partial charge on any atom is -0.366 e. The summed E-state index contributed by atoms with van der Waals surface area (Å²) >= 11 is 0. The third-order valence-electron chi connectivity index (χ3n) is 5.47. The van der Waals surface area contributed by atoms with Gasteiger partial charge in [0.05, 0.1) is 11.1 Å². The predicted octanol–water partition coefficient (Wildman–Crippen LogP) is 6.50. The van der Waals surface area contributed by atoms with Crippen molar-refractivity contribution in [2.45, 2.75) is 77.6 Å². The molecule has 0 saturated carbocycles. The molecule has 2 aromatic rings. The number of unbranched alkanes of at least 4 members (excludes halogenated alkanes) is 9. The molecule has 2 aromatic carbocycles. The van der Waals surface area contributed by atoms with Gasteiger partial charge in [-0.3, -0.25) is 9.59 Å². The summed E-state index contributed by atoms with van der Waals surface area (Å²) in [6.45, 7) is 2.26. The summed E-state index contributed by atoms with van der Waals surface area (Å²) in [7, 11) is 0. The van der Waals surface area contributed by atoms with Gasteiger partial charge in [-0.05, 0) is 42.7 Å². The Balaban J connectivity index is 1.68. The van der Waals surface area contributed by atoms with Crippen molar-refractivity contribution in [2.24, 2.45) is 5.73 Å². The number of carbonyl (C=O) groups is 2. The highest BCUT2D eigenvalue weighted by Gasteiger charge is 2.14. The van der Waals surface area contributed by atoms with Crippen LogP contribution < -0.4 is 11.1 Å². The molecule has 0 fully saturated rings. The van der Waals surface area contributed by atoms with Crippen molar-refractivity contribution in [2.75, 3.05) is 5.32 Å². The van der Waals surface area contributed by atoms with E-state index in [0.717, 1.165) is 6.42 Å². The Bertz CT molecular complexity index is 784. The standard InChI is InChI=1S/C26H36N2O2/c1-2-3-4-5-6-7-8-9-10-11-14-21-17-19-22(20-18-21)28-26(30)24-16-13-12-15-23(24)25(27)29/h12-13,15-20H,2-11,14H2,1H3,(H2,27,29)(H,28,30). The number of benzene rings is 2. The molecule has 0 radical (unpaired) electrons. The molecule has 30 heavy (non-hydrogen) atoms. The van der Waals surface area contributed by atoms with Crippen LogP contribution in [0.25, 0.3) is 0 Å². The van der Waals surface area contributed by atoms with Crippen LogP contribution >= 0.6 is 0 Å². The Kier molecular flexibility index (Phi) is 10.7. The number of nitrogens with one attached hydrogen (secondary N) is 1. The molecular weight excluding hydrogens is 372 g/mol. The number of hydrogen-bond acceptors (Lipinski definition) is 2. The van der Waals surface area contributed by atoms with Crippen molar-refractivity contribution in [3.8, 4) is 0 Å². The molecule has 4 heteroatoms. The second kappa shape index (κ2) is 13.6. The van der Waals surface area contributed by atoms with Crippen LogP contribution in [0.1, 0.15) is 97.4 Å². The zero-order valence-corrected chi connectivity index (χ0v) is 18.3. The van der Waals surface area contributed by atoms with E-state index in [1.807, 2.05) is 12.1 Å². The van der Waals surface area contributed by atoms with Crippen LogP contribution in [0.4, 0.5) is 5.69 Å². The molecule has 0 heterocycles. The summed E-state index contributed by atoms with van der Waals surface area (Å²) in [4.78, 5) is 24.0. The van der Waals surface area contributed by atoms with E-state index in [-0.39, 0.29) is 11.5 Å². The van der Waals surface area contributed by atoms with Crippen molar-refractivity contribution in [3.63, 3.8) is 0 Å². The van der Waals surface area contributed by atoms with E-state index in [9.17, 15) is 9.59 Å². The molecule has 2 amide bonds. The lowest BCUT2D eigenvalue weighted by atomic mass is 10.0. The summed E-state index contributed by atoms with van der Waals surface area (Å²) < 4.78 is 0. The molecule has 0 aromatic heterocycles. The normalized spacial score (nSPS) is 10.7. The van der Waals surface area contributed by atoms with Gasteiger partial charge in [0.2, 0.25) is 5.91 Å². The van der Waals surface area contributed by atoms with Gasteiger partial charge < -0.3 is 11.1 Å². The fraction of sp³-hybridized carbons (Fsp3) is 0.462. The molecule has 0 aliphatic rings. The number of amides is 2. The third kappa shape index (κ3) is 8.40.